The molecule has 0 aromatic carbocycles. The molecule has 6 nitrogen and oxygen atoms in total. The lowest BCUT2D eigenvalue weighted by atomic mass is 10.2. The van der Waals surface area contributed by atoms with Gasteiger partial charge in [0, 0.05) is 0 Å². The summed E-state index contributed by atoms with van der Waals surface area (Å²) in [5, 5.41) is 0.725. The Bertz CT molecular complexity index is 262. The Morgan fingerprint density at radius 3 is 2.29 bits per heavy atom. The lowest BCUT2D eigenvalue weighted by Gasteiger charge is -2.30. The van der Waals surface area contributed by atoms with Gasteiger partial charge in [0.05, 0.1) is 6.04 Å². The number of nitrogens with one attached hydrogen (secondary N) is 1. The van der Waals surface area contributed by atoms with Crippen molar-refractivity contribution in [2.75, 3.05) is 0 Å². The van der Waals surface area contributed by atoms with Gasteiger partial charge >= 0.3 is 7.60 Å². The number of carbonyl (C=O) groups excluding carboxylic acids is 1. The number of rotatable bonds is 4. The van der Waals surface area contributed by atoms with E-state index >= 15 is 0 Å². The van der Waals surface area contributed by atoms with Gasteiger partial charge in [-0.2, -0.15) is 0 Å². The van der Waals surface area contributed by atoms with Crippen LogP contribution in [-0.2, 0) is 9.36 Å². The van der Waals surface area contributed by atoms with Crippen LogP contribution >= 0.6 is 7.60 Å². The van der Waals surface area contributed by atoms with Crippen LogP contribution in [0.25, 0.3) is 0 Å². The SMILES string of the molecule is CCC(C)(NC(=O)[C@H](C)N)P(=O)(O)O. The molecule has 1 amide bonds. The van der Waals surface area contributed by atoms with Crippen LogP contribution in [0.1, 0.15) is 27.2 Å². The first-order valence-corrected chi connectivity index (χ1v) is 5.88. The molecular weight excluding hydrogens is 207 g/mol. The highest BCUT2D eigenvalue weighted by atomic mass is 31.2. The minimum Gasteiger partial charge on any atom is -0.338 e. The average molecular weight is 224 g/mol. The second-order valence-electron chi connectivity index (χ2n) is 3.45. The monoisotopic (exact) mass is 224 g/mol. The third-order valence-corrected chi connectivity index (χ3v) is 3.85. The van der Waals surface area contributed by atoms with Crippen LogP contribution in [0.5, 0.6) is 0 Å². The van der Waals surface area contributed by atoms with Gasteiger partial charge in [0.2, 0.25) is 5.91 Å². The summed E-state index contributed by atoms with van der Waals surface area (Å²) < 4.78 is 11.1. The van der Waals surface area contributed by atoms with E-state index in [1.54, 1.807) is 6.92 Å². The Morgan fingerprint density at radius 2 is 2.07 bits per heavy atom. The third kappa shape index (κ3) is 3.06. The van der Waals surface area contributed by atoms with Gasteiger partial charge in [-0.15, -0.1) is 0 Å². The maximum atomic E-state index is 11.2. The second-order valence-corrected chi connectivity index (χ2v) is 5.52. The van der Waals surface area contributed by atoms with Crippen molar-refractivity contribution >= 4 is 13.5 Å². The van der Waals surface area contributed by atoms with Crippen molar-refractivity contribution in [1.29, 1.82) is 0 Å². The van der Waals surface area contributed by atoms with E-state index in [0.717, 1.165) is 0 Å². The van der Waals surface area contributed by atoms with Crippen LogP contribution in [0, 0.1) is 0 Å². The van der Waals surface area contributed by atoms with E-state index in [1.165, 1.54) is 13.8 Å². The van der Waals surface area contributed by atoms with Crippen LogP contribution in [0.4, 0.5) is 0 Å². The molecule has 0 bridgehead atoms. The van der Waals surface area contributed by atoms with Gasteiger partial charge in [0.1, 0.15) is 5.28 Å². The fraction of sp³-hybridized carbons (Fsp3) is 0.857. The van der Waals surface area contributed by atoms with Gasteiger partial charge in [0.25, 0.3) is 0 Å². The van der Waals surface area contributed by atoms with Gasteiger partial charge in [0.15, 0.2) is 0 Å². The maximum Gasteiger partial charge on any atom is 0.350 e. The largest absolute Gasteiger partial charge is 0.350 e. The van der Waals surface area contributed by atoms with E-state index in [1.807, 2.05) is 0 Å². The lowest BCUT2D eigenvalue weighted by molar-refractivity contribution is -0.123. The van der Waals surface area contributed by atoms with Gasteiger partial charge in [-0.05, 0) is 20.3 Å². The van der Waals surface area contributed by atoms with Crippen molar-refractivity contribution in [3.8, 4) is 0 Å². The second kappa shape index (κ2) is 4.40. The molecule has 14 heavy (non-hydrogen) atoms. The lowest BCUT2D eigenvalue weighted by Crippen LogP contribution is -2.50. The van der Waals surface area contributed by atoms with E-state index in [0.29, 0.717) is 0 Å². The zero-order chi connectivity index (χ0) is 11.6. The van der Waals surface area contributed by atoms with E-state index in [9.17, 15) is 9.36 Å². The summed E-state index contributed by atoms with van der Waals surface area (Å²) in [5.41, 5.74) is 5.28. The highest BCUT2D eigenvalue weighted by Gasteiger charge is 2.42. The van der Waals surface area contributed by atoms with Crippen LogP contribution in [0.3, 0.4) is 0 Å². The number of amides is 1. The van der Waals surface area contributed by atoms with E-state index < -0.39 is 24.8 Å². The third-order valence-electron chi connectivity index (χ3n) is 2.14. The molecule has 0 aromatic rings. The number of nitrogens with two attached hydrogens (primary N) is 1. The zero-order valence-corrected chi connectivity index (χ0v) is 9.41. The van der Waals surface area contributed by atoms with Crippen molar-refractivity contribution in [3.05, 3.63) is 0 Å². The Morgan fingerprint density at radius 1 is 1.64 bits per heavy atom. The summed E-state index contributed by atoms with van der Waals surface area (Å²) in [6, 6.07) is -0.785. The molecule has 7 heteroatoms. The first-order valence-electron chi connectivity index (χ1n) is 4.27. The fourth-order valence-electron chi connectivity index (χ4n) is 0.746. The smallest absolute Gasteiger partial charge is 0.338 e. The van der Waals surface area contributed by atoms with Crippen molar-refractivity contribution < 1.29 is 19.1 Å². The number of hydrogen-bond acceptors (Lipinski definition) is 3. The zero-order valence-electron chi connectivity index (χ0n) is 8.52. The summed E-state index contributed by atoms with van der Waals surface area (Å²) in [6.07, 6.45) is 0.135. The molecule has 0 fully saturated rings. The molecule has 0 rings (SSSR count). The molecular formula is C7H17N2O4P. The van der Waals surface area contributed by atoms with Gasteiger partial charge in [-0.25, -0.2) is 0 Å². The molecule has 0 aliphatic carbocycles. The predicted molar refractivity (Wildman–Crippen MR) is 52.5 cm³/mol. The van der Waals surface area contributed by atoms with Gasteiger partial charge in [-0.3, -0.25) is 9.36 Å². The molecule has 0 radical (unpaired) electrons. The summed E-state index contributed by atoms with van der Waals surface area (Å²) in [5.74, 6) is -0.572. The highest BCUT2D eigenvalue weighted by Crippen LogP contribution is 2.50. The van der Waals surface area contributed by atoms with E-state index in [4.69, 9.17) is 15.5 Å². The van der Waals surface area contributed by atoms with E-state index in [-0.39, 0.29) is 6.42 Å². The Kier molecular flexibility index (Phi) is 4.27. The predicted octanol–water partition coefficient (Wildman–Crippen LogP) is -0.246. The minimum atomic E-state index is -4.37. The molecule has 0 heterocycles. The molecule has 2 atom stereocenters. The van der Waals surface area contributed by atoms with Gasteiger partial charge < -0.3 is 20.8 Å². The molecule has 0 saturated carbocycles. The molecule has 5 N–H and O–H groups in total. The quantitative estimate of drug-likeness (QED) is 0.492. The first-order chi connectivity index (χ1) is 6.14. The highest BCUT2D eigenvalue weighted by molar-refractivity contribution is 7.53. The summed E-state index contributed by atoms with van der Waals surface area (Å²) >= 11 is 0. The molecule has 1 unspecified atom stereocenters. The normalized spacial score (nSPS) is 18.4. The van der Waals surface area contributed by atoms with Crippen molar-refractivity contribution in [2.24, 2.45) is 5.73 Å². The molecule has 0 aromatic heterocycles. The van der Waals surface area contributed by atoms with Crippen molar-refractivity contribution in [2.45, 2.75) is 38.5 Å². The molecule has 0 aliphatic rings. The Hall–Kier alpha value is -0.420. The maximum absolute atomic E-state index is 11.2. The average Bonchev–Trinajstić information content (AvgIpc) is 2.01. The molecule has 84 valence electrons. The van der Waals surface area contributed by atoms with Crippen molar-refractivity contribution in [1.82, 2.24) is 5.32 Å². The van der Waals surface area contributed by atoms with Crippen LogP contribution in [-0.4, -0.2) is 27.0 Å². The number of hydrogen-bond donors (Lipinski definition) is 4. The first kappa shape index (κ1) is 13.6. The molecule has 0 saturated heterocycles. The Balaban J connectivity index is 4.75. The van der Waals surface area contributed by atoms with Crippen molar-refractivity contribution in [3.63, 3.8) is 0 Å². The molecule has 0 spiro atoms. The van der Waals surface area contributed by atoms with Crippen LogP contribution in [0.15, 0.2) is 0 Å². The summed E-state index contributed by atoms with van der Waals surface area (Å²) in [4.78, 5) is 29.2. The standard InChI is InChI=1S/C7H17N2O4P/c1-4-7(3,14(11,12)13)9-6(10)5(2)8/h5H,4,8H2,1-3H3,(H,9,10)(H2,11,12,13)/t5-,7?/m0/s1. The fourth-order valence-corrected chi connectivity index (χ4v) is 1.41. The van der Waals surface area contributed by atoms with Crippen LogP contribution in [0.2, 0.25) is 0 Å². The summed E-state index contributed by atoms with van der Waals surface area (Å²) in [6.45, 7) is 4.33. The Labute approximate surface area is 83.0 Å². The van der Waals surface area contributed by atoms with Gasteiger partial charge in [-0.1, -0.05) is 6.92 Å². The van der Waals surface area contributed by atoms with E-state index in [2.05, 4.69) is 5.32 Å². The number of carbonyl (C=O) groups is 1. The minimum absolute atomic E-state index is 0.135. The molecule has 0 aliphatic heterocycles. The summed E-state index contributed by atoms with van der Waals surface area (Å²) in [7, 11) is -4.37. The van der Waals surface area contributed by atoms with Crippen LogP contribution < -0.4 is 11.1 Å². The topological polar surface area (TPSA) is 113 Å².